The summed E-state index contributed by atoms with van der Waals surface area (Å²) in [5, 5.41) is 14.3. The number of carbonyl (C=O) groups is 1. The molecule has 1 N–H and O–H groups in total. The standard InChI is InChI=1S/C16H16F2N2O3/c1-2-12(11-7-3-4-9-14(11)23-16(17)18)19-15(21)13-8-5-6-10-20(13)22/h3-10,12,16H,2H2,1H3,(H,19,21). The maximum atomic E-state index is 12.5. The number of carbonyl (C=O) groups excluding carboxylic acids is 1. The first kappa shape index (κ1) is 16.7. The minimum atomic E-state index is -2.96. The van der Waals surface area contributed by atoms with E-state index in [1.54, 1.807) is 31.2 Å². The molecule has 2 aromatic rings. The summed E-state index contributed by atoms with van der Waals surface area (Å²) in [5.41, 5.74) is 0.357. The second kappa shape index (κ2) is 7.53. The topological polar surface area (TPSA) is 65.3 Å². The van der Waals surface area contributed by atoms with Crippen molar-refractivity contribution in [3.05, 3.63) is 65.1 Å². The zero-order valence-electron chi connectivity index (χ0n) is 12.4. The number of nitrogens with one attached hydrogen (secondary N) is 1. The van der Waals surface area contributed by atoms with Crippen LogP contribution < -0.4 is 14.8 Å². The molecule has 0 radical (unpaired) electrons. The van der Waals surface area contributed by atoms with E-state index in [1.807, 2.05) is 0 Å². The Balaban J connectivity index is 2.24. The molecule has 2 rings (SSSR count). The van der Waals surface area contributed by atoms with Crippen LogP contribution in [0.25, 0.3) is 0 Å². The lowest BCUT2D eigenvalue weighted by Gasteiger charge is -2.20. The van der Waals surface area contributed by atoms with Crippen molar-refractivity contribution in [3.63, 3.8) is 0 Å². The van der Waals surface area contributed by atoms with E-state index in [9.17, 15) is 18.8 Å². The molecule has 23 heavy (non-hydrogen) atoms. The fourth-order valence-electron chi connectivity index (χ4n) is 2.21. The van der Waals surface area contributed by atoms with E-state index in [2.05, 4.69) is 10.1 Å². The van der Waals surface area contributed by atoms with Crippen molar-refractivity contribution in [1.82, 2.24) is 5.32 Å². The minimum Gasteiger partial charge on any atom is -0.618 e. The molecule has 1 atom stereocenters. The quantitative estimate of drug-likeness (QED) is 0.657. The molecule has 0 aliphatic heterocycles. The van der Waals surface area contributed by atoms with Crippen molar-refractivity contribution < 1.29 is 23.0 Å². The van der Waals surface area contributed by atoms with E-state index in [4.69, 9.17) is 0 Å². The average molecular weight is 322 g/mol. The fourth-order valence-corrected chi connectivity index (χ4v) is 2.21. The Labute approximate surface area is 132 Å². The Bertz CT molecular complexity index is 680. The highest BCUT2D eigenvalue weighted by atomic mass is 19.3. The van der Waals surface area contributed by atoms with Gasteiger partial charge in [0.1, 0.15) is 5.75 Å². The molecular weight excluding hydrogens is 306 g/mol. The van der Waals surface area contributed by atoms with E-state index >= 15 is 0 Å². The summed E-state index contributed by atoms with van der Waals surface area (Å²) in [7, 11) is 0. The maximum absolute atomic E-state index is 12.5. The predicted octanol–water partition coefficient (Wildman–Crippen LogP) is 2.80. The van der Waals surface area contributed by atoms with Gasteiger partial charge in [0.25, 0.3) is 5.69 Å². The molecule has 1 aromatic carbocycles. The van der Waals surface area contributed by atoms with Crippen molar-refractivity contribution >= 4 is 5.91 Å². The van der Waals surface area contributed by atoms with Gasteiger partial charge in [0.15, 0.2) is 6.20 Å². The molecule has 0 aliphatic carbocycles. The number of halogens is 2. The van der Waals surface area contributed by atoms with Crippen LogP contribution in [0.15, 0.2) is 48.7 Å². The molecule has 1 unspecified atom stereocenters. The Morgan fingerprint density at radius 1 is 1.26 bits per heavy atom. The van der Waals surface area contributed by atoms with Crippen LogP contribution in [0.4, 0.5) is 8.78 Å². The minimum absolute atomic E-state index is 0.00212. The Morgan fingerprint density at radius 2 is 1.96 bits per heavy atom. The lowest BCUT2D eigenvalue weighted by molar-refractivity contribution is -0.607. The van der Waals surface area contributed by atoms with Crippen LogP contribution in [0.2, 0.25) is 0 Å². The van der Waals surface area contributed by atoms with Crippen LogP contribution in [0.3, 0.4) is 0 Å². The van der Waals surface area contributed by atoms with Crippen molar-refractivity contribution in [2.24, 2.45) is 0 Å². The third kappa shape index (κ3) is 4.15. The Kier molecular flexibility index (Phi) is 5.46. The molecule has 1 heterocycles. The van der Waals surface area contributed by atoms with Gasteiger partial charge >= 0.3 is 12.5 Å². The zero-order chi connectivity index (χ0) is 16.8. The van der Waals surface area contributed by atoms with E-state index < -0.39 is 18.6 Å². The van der Waals surface area contributed by atoms with Gasteiger partial charge in [0, 0.05) is 17.7 Å². The molecule has 0 aliphatic rings. The third-order valence-electron chi connectivity index (χ3n) is 3.28. The molecule has 1 amide bonds. The molecule has 5 nitrogen and oxygen atoms in total. The zero-order valence-corrected chi connectivity index (χ0v) is 12.4. The summed E-state index contributed by atoms with van der Waals surface area (Å²) >= 11 is 0. The van der Waals surface area contributed by atoms with E-state index in [0.29, 0.717) is 16.7 Å². The number of alkyl halides is 2. The number of pyridine rings is 1. The summed E-state index contributed by atoms with van der Waals surface area (Å²) in [6.45, 7) is -1.16. The molecule has 7 heteroatoms. The van der Waals surface area contributed by atoms with Gasteiger partial charge < -0.3 is 15.3 Å². The normalized spacial score (nSPS) is 12.0. The largest absolute Gasteiger partial charge is 0.618 e. The highest BCUT2D eigenvalue weighted by Crippen LogP contribution is 2.28. The molecule has 0 spiro atoms. The summed E-state index contributed by atoms with van der Waals surface area (Å²) in [4.78, 5) is 12.2. The summed E-state index contributed by atoms with van der Waals surface area (Å²) in [6.07, 6.45) is 1.66. The molecule has 0 saturated carbocycles. The number of rotatable bonds is 6. The first-order chi connectivity index (χ1) is 11.0. The van der Waals surface area contributed by atoms with Gasteiger partial charge in [0.2, 0.25) is 0 Å². The molecule has 0 bridgehead atoms. The Morgan fingerprint density at radius 3 is 2.61 bits per heavy atom. The number of hydrogen-bond acceptors (Lipinski definition) is 3. The van der Waals surface area contributed by atoms with Gasteiger partial charge in [0.05, 0.1) is 6.04 Å². The van der Waals surface area contributed by atoms with E-state index in [0.717, 1.165) is 0 Å². The van der Waals surface area contributed by atoms with Gasteiger partial charge in [-0.2, -0.15) is 13.5 Å². The van der Waals surface area contributed by atoms with Crippen LogP contribution in [-0.2, 0) is 0 Å². The van der Waals surface area contributed by atoms with Crippen LogP contribution in [-0.4, -0.2) is 12.5 Å². The molecule has 0 fully saturated rings. The lowest BCUT2D eigenvalue weighted by Crippen LogP contribution is -2.40. The second-order valence-corrected chi connectivity index (χ2v) is 4.76. The highest BCUT2D eigenvalue weighted by molar-refractivity contribution is 5.91. The number of ether oxygens (including phenoxy) is 1. The number of para-hydroxylation sites is 1. The van der Waals surface area contributed by atoms with Crippen molar-refractivity contribution in [3.8, 4) is 5.75 Å². The number of amides is 1. The summed E-state index contributed by atoms with van der Waals surface area (Å²) in [5.74, 6) is -0.586. The molecule has 1 aromatic heterocycles. The first-order valence-corrected chi connectivity index (χ1v) is 7.05. The number of aromatic nitrogens is 1. The highest BCUT2D eigenvalue weighted by Gasteiger charge is 2.22. The van der Waals surface area contributed by atoms with Gasteiger partial charge in [-0.25, -0.2) is 0 Å². The predicted molar refractivity (Wildman–Crippen MR) is 79.0 cm³/mol. The Hall–Kier alpha value is -2.70. The molecule has 122 valence electrons. The van der Waals surface area contributed by atoms with E-state index in [1.165, 1.54) is 24.4 Å². The van der Waals surface area contributed by atoms with Crippen LogP contribution in [0.1, 0.15) is 35.4 Å². The van der Waals surface area contributed by atoms with Crippen molar-refractivity contribution in [2.75, 3.05) is 0 Å². The maximum Gasteiger partial charge on any atom is 0.387 e. The van der Waals surface area contributed by atoms with Crippen molar-refractivity contribution in [1.29, 1.82) is 0 Å². The van der Waals surface area contributed by atoms with Crippen molar-refractivity contribution in [2.45, 2.75) is 26.0 Å². The second-order valence-electron chi connectivity index (χ2n) is 4.76. The fraction of sp³-hybridized carbons (Fsp3) is 0.250. The number of nitrogens with zero attached hydrogens (tertiary/aromatic N) is 1. The van der Waals surface area contributed by atoms with Gasteiger partial charge in [-0.05, 0) is 18.6 Å². The SMILES string of the molecule is CCC(NC(=O)c1cccc[n+]1[O-])c1ccccc1OC(F)F. The van der Waals surface area contributed by atoms with Gasteiger partial charge in [-0.15, -0.1) is 0 Å². The number of hydrogen-bond donors (Lipinski definition) is 1. The van der Waals surface area contributed by atoms with E-state index in [-0.39, 0.29) is 11.4 Å². The number of benzene rings is 1. The van der Waals surface area contributed by atoms with Gasteiger partial charge in [-0.1, -0.05) is 25.1 Å². The van der Waals surface area contributed by atoms with Crippen LogP contribution in [0, 0.1) is 5.21 Å². The summed E-state index contributed by atoms with van der Waals surface area (Å²) in [6, 6.07) is 10.1. The van der Waals surface area contributed by atoms with Crippen LogP contribution in [0.5, 0.6) is 5.75 Å². The third-order valence-corrected chi connectivity index (χ3v) is 3.28. The van der Waals surface area contributed by atoms with Gasteiger partial charge in [-0.3, -0.25) is 4.79 Å². The molecular formula is C16H16F2N2O3. The lowest BCUT2D eigenvalue weighted by atomic mass is 10.0. The first-order valence-electron chi connectivity index (χ1n) is 7.05. The molecule has 0 saturated heterocycles. The monoisotopic (exact) mass is 322 g/mol. The van der Waals surface area contributed by atoms with Crippen LogP contribution >= 0.6 is 0 Å². The summed E-state index contributed by atoms with van der Waals surface area (Å²) < 4.78 is 29.9. The average Bonchev–Trinajstić information content (AvgIpc) is 2.53. The smallest absolute Gasteiger partial charge is 0.387 e.